The Kier molecular flexibility index (Phi) is 5.94. The topological polar surface area (TPSA) is 67.3 Å². The number of rotatable bonds is 5. The molecule has 1 aliphatic heterocycles. The standard InChI is InChI=1S/C21H28N4O2/c1-14(2)27-19-8-6-5-7-17(19)23-20(26)18-13-16(4)22-21(24-18)25-11-9-15(3)10-12-25/h5-8,13-15H,9-12H2,1-4H3,(H,23,26). The van der Waals surface area contributed by atoms with Crippen LogP contribution in [0.2, 0.25) is 0 Å². The molecule has 2 aromatic rings. The number of nitrogens with one attached hydrogen (secondary N) is 1. The van der Waals surface area contributed by atoms with Crippen molar-refractivity contribution in [3.05, 3.63) is 41.7 Å². The molecule has 0 atom stereocenters. The molecule has 1 saturated heterocycles. The number of hydrogen-bond acceptors (Lipinski definition) is 5. The van der Waals surface area contributed by atoms with Crippen LogP contribution < -0.4 is 15.0 Å². The van der Waals surface area contributed by atoms with Gasteiger partial charge in [0.25, 0.3) is 5.91 Å². The van der Waals surface area contributed by atoms with Crippen molar-refractivity contribution in [2.45, 2.75) is 46.6 Å². The van der Waals surface area contributed by atoms with Crippen LogP contribution in [0, 0.1) is 12.8 Å². The third-order valence-electron chi connectivity index (χ3n) is 4.64. The van der Waals surface area contributed by atoms with Gasteiger partial charge in [0, 0.05) is 18.8 Å². The Morgan fingerprint density at radius 2 is 1.93 bits per heavy atom. The summed E-state index contributed by atoms with van der Waals surface area (Å²) >= 11 is 0. The van der Waals surface area contributed by atoms with Gasteiger partial charge in [-0.05, 0) is 57.7 Å². The molecule has 27 heavy (non-hydrogen) atoms. The van der Waals surface area contributed by atoms with Gasteiger partial charge < -0.3 is 15.0 Å². The molecule has 0 saturated carbocycles. The Morgan fingerprint density at radius 1 is 1.22 bits per heavy atom. The maximum absolute atomic E-state index is 12.8. The fourth-order valence-corrected chi connectivity index (χ4v) is 3.13. The lowest BCUT2D eigenvalue weighted by Gasteiger charge is -2.30. The normalized spacial score (nSPS) is 15.1. The van der Waals surface area contributed by atoms with Crippen LogP contribution in [0.4, 0.5) is 11.6 Å². The predicted octanol–water partition coefficient (Wildman–Crippen LogP) is 4.06. The van der Waals surface area contributed by atoms with E-state index in [1.165, 1.54) is 0 Å². The highest BCUT2D eigenvalue weighted by atomic mass is 16.5. The van der Waals surface area contributed by atoms with E-state index in [1.807, 2.05) is 45.0 Å². The van der Waals surface area contributed by atoms with Gasteiger partial charge in [-0.25, -0.2) is 9.97 Å². The summed E-state index contributed by atoms with van der Waals surface area (Å²) in [4.78, 5) is 24.1. The average molecular weight is 368 g/mol. The Bertz CT molecular complexity index is 799. The van der Waals surface area contributed by atoms with Gasteiger partial charge in [-0.2, -0.15) is 0 Å². The molecule has 1 amide bonds. The molecule has 1 N–H and O–H groups in total. The Balaban J connectivity index is 1.79. The average Bonchev–Trinajstić information content (AvgIpc) is 2.63. The molecule has 0 radical (unpaired) electrons. The molecule has 1 aliphatic rings. The highest BCUT2D eigenvalue weighted by Gasteiger charge is 2.20. The van der Waals surface area contributed by atoms with E-state index in [2.05, 4.69) is 27.1 Å². The van der Waals surface area contributed by atoms with E-state index in [9.17, 15) is 4.79 Å². The van der Waals surface area contributed by atoms with Gasteiger partial charge in [0.1, 0.15) is 11.4 Å². The maximum Gasteiger partial charge on any atom is 0.274 e. The van der Waals surface area contributed by atoms with Gasteiger partial charge in [-0.1, -0.05) is 19.1 Å². The molecule has 6 nitrogen and oxygen atoms in total. The van der Waals surface area contributed by atoms with Crippen molar-refractivity contribution in [1.29, 1.82) is 0 Å². The molecule has 144 valence electrons. The number of aryl methyl sites for hydroxylation is 1. The molecule has 6 heteroatoms. The summed E-state index contributed by atoms with van der Waals surface area (Å²) in [6.45, 7) is 9.93. The molecule has 3 rings (SSSR count). The monoisotopic (exact) mass is 368 g/mol. The first-order valence-corrected chi connectivity index (χ1v) is 9.60. The lowest BCUT2D eigenvalue weighted by molar-refractivity contribution is 0.102. The first kappa shape index (κ1) is 19.1. The van der Waals surface area contributed by atoms with Crippen molar-refractivity contribution >= 4 is 17.5 Å². The number of aromatic nitrogens is 2. The second-order valence-corrected chi connectivity index (χ2v) is 7.48. The fourth-order valence-electron chi connectivity index (χ4n) is 3.13. The Labute approximate surface area is 161 Å². The van der Waals surface area contributed by atoms with Crippen LogP contribution in [0.5, 0.6) is 5.75 Å². The number of hydrogen-bond donors (Lipinski definition) is 1. The lowest BCUT2D eigenvalue weighted by Crippen LogP contribution is -2.34. The molecule has 0 aliphatic carbocycles. The first-order chi connectivity index (χ1) is 12.9. The highest BCUT2D eigenvalue weighted by molar-refractivity contribution is 6.03. The summed E-state index contributed by atoms with van der Waals surface area (Å²) in [7, 11) is 0. The molecule has 0 unspecified atom stereocenters. The van der Waals surface area contributed by atoms with Crippen molar-refractivity contribution in [2.24, 2.45) is 5.92 Å². The molecule has 1 fully saturated rings. The first-order valence-electron chi connectivity index (χ1n) is 9.60. The molecular weight excluding hydrogens is 340 g/mol. The minimum Gasteiger partial charge on any atom is -0.489 e. The van der Waals surface area contributed by atoms with Crippen molar-refractivity contribution < 1.29 is 9.53 Å². The van der Waals surface area contributed by atoms with Gasteiger partial charge in [-0.3, -0.25) is 4.79 Å². The van der Waals surface area contributed by atoms with Crippen LogP contribution >= 0.6 is 0 Å². The van der Waals surface area contributed by atoms with Crippen LogP contribution in [-0.2, 0) is 0 Å². The minimum atomic E-state index is -0.257. The van der Waals surface area contributed by atoms with Crippen LogP contribution in [0.15, 0.2) is 30.3 Å². The summed E-state index contributed by atoms with van der Waals surface area (Å²) in [5.74, 6) is 1.76. The van der Waals surface area contributed by atoms with Crippen LogP contribution in [0.25, 0.3) is 0 Å². The molecule has 0 spiro atoms. The number of nitrogens with zero attached hydrogens (tertiary/aromatic N) is 3. The van der Waals surface area contributed by atoms with Gasteiger partial charge >= 0.3 is 0 Å². The van der Waals surface area contributed by atoms with Crippen molar-refractivity contribution in [3.8, 4) is 5.75 Å². The number of anilines is 2. The fraction of sp³-hybridized carbons (Fsp3) is 0.476. The molecule has 1 aromatic carbocycles. The van der Waals surface area contributed by atoms with E-state index in [4.69, 9.17) is 4.74 Å². The third kappa shape index (κ3) is 4.96. The maximum atomic E-state index is 12.8. The van der Waals surface area contributed by atoms with Gasteiger partial charge in [-0.15, -0.1) is 0 Å². The summed E-state index contributed by atoms with van der Waals surface area (Å²) in [5, 5.41) is 2.92. The number of para-hydroxylation sites is 2. The number of amides is 1. The van der Waals surface area contributed by atoms with E-state index in [0.29, 0.717) is 23.1 Å². The van der Waals surface area contributed by atoms with E-state index in [-0.39, 0.29) is 12.0 Å². The summed E-state index contributed by atoms with van der Waals surface area (Å²) in [6.07, 6.45) is 2.27. The molecule has 2 heterocycles. The van der Waals surface area contributed by atoms with Crippen molar-refractivity contribution in [2.75, 3.05) is 23.3 Å². The second-order valence-electron chi connectivity index (χ2n) is 7.48. The van der Waals surface area contributed by atoms with Crippen molar-refractivity contribution in [1.82, 2.24) is 9.97 Å². The molecule has 0 bridgehead atoms. The van der Waals surface area contributed by atoms with Gasteiger partial charge in [0.2, 0.25) is 5.95 Å². The molecule has 1 aromatic heterocycles. The van der Waals surface area contributed by atoms with E-state index >= 15 is 0 Å². The largest absolute Gasteiger partial charge is 0.489 e. The zero-order valence-electron chi connectivity index (χ0n) is 16.5. The summed E-state index contributed by atoms with van der Waals surface area (Å²) in [6, 6.07) is 9.15. The third-order valence-corrected chi connectivity index (χ3v) is 4.64. The van der Waals surface area contributed by atoms with Gasteiger partial charge in [0.05, 0.1) is 11.8 Å². The van der Waals surface area contributed by atoms with Crippen LogP contribution in [0.1, 0.15) is 49.8 Å². The van der Waals surface area contributed by atoms with E-state index < -0.39 is 0 Å². The minimum absolute atomic E-state index is 0.0254. The quantitative estimate of drug-likeness (QED) is 0.862. The van der Waals surface area contributed by atoms with Gasteiger partial charge in [0.15, 0.2) is 0 Å². The number of benzene rings is 1. The van der Waals surface area contributed by atoms with Crippen LogP contribution in [0.3, 0.4) is 0 Å². The summed E-state index contributed by atoms with van der Waals surface area (Å²) in [5.41, 5.74) is 1.80. The van der Waals surface area contributed by atoms with E-state index in [1.54, 1.807) is 6.07 Å². The highest BCUT2D eigenvalue weighted by Crippen LogP contribution is 2.26. The van der Waals surface area contributed by atoms with Crippen LogP contribution in [-0.4, -0.2) is 35.1 Å². The zero-order valence-corrected chi connectivity index (χ0v) is 16.5. The van der Waals surface area contributed by atoms with E-state index in [0.717, 1.165) is 37.5 Å². The SMILES string of the molecule is Cc1cc(C(=O)Nc2ccccc2OC(C)C)nc(N2CCC(C)CC2)n1. The number of piperidine rings is 1. The second kappa shape index (κ2) is 8.37. The lowest BCUT2D eigenvalue weighted by atomic mass is 10.00. The number of carbonyl (C=O) groups is 1. The Hall–Kier alpha value is -2.63. The zero-order chi connectivity index (χ0) is 19.4. The van der Waals surface area contributed by atoms with Crippen molar-refractivity contribution in [3.63, 3.8) is 0 Å². The predicted molar refractivity (Wildman–Crippen MR) is 108 cm³/mol. The smallest absolute Gasteiger partial charge is 0.274 e. The summed E-state index contributed by atoms with van der Waals surface area (Å²) < 4.78 is 5.78. The Morgan fingerprint density at radius 3 is 2.63 bits per heavy atom. The molecular formula is C21H28N4O2. The number of ether oxygens (including phenoxy) is 1. The number of carbonyl (C=O) groups excluding carboxylic acids is 1.